The average Bonchev–Trinajstić information content (AvgIpc) is 3.27. The number of nitriles is 1. The van der Waals surface area contributed by atoms with Crippen LogP contribution in [0.3, 0.4) is 0 Å². The number of hydrogen-bond donors (Lipinski definition) is 0. The van der Waals surface area contributed by atoms with Gasteiger partial charge in [-0.15, -0.1) is 0 Å². The third-order valence-electron chi connectivity index (χ3n) is 10.8. The van der Waals surface area contributed by atoms with Crippen LogP contribution in [-0.4, -0.2) is 15.0 Å². The summed E-state index contributed by atoms with van der Waals surface area (Å²) in [6.07, 6.45) is 7.64. The van der Waals surface area contributed by atoms with E-state index in [1.807, 2.05) is 36.5 Å². The number of allylic oxidation sites excluding steroid dienone is 2. The molecule has 3 heterocycles. The van der Waals surface area contributed by atoms with Gasteiger partial charge in [0.25, 0.3) is 0 Å². The molecule has 57 heavy (non-hydrogen) atoms. The van der Waals surface area contributed by atoms with Crippen molar-refractivity contribution in [3.05, 3.63) is 191 Å². The highest BCUT2D eigenvalue weighted by molar-refractivity contribution is 14.1. The molecule has 4 nitrogen and oxygen atoms in total. The number of fused-ring (bicyclic) bond motifs is 6. The van der Waals surface area contributed by atoms with E-state index in [1.165, 1.54) is 21.9 Å². The Bertz CT molecular complexity index is 3320. The molecular formula is C52H31IN4. The largest absolute Gasteiger partial charge is 0.254 e. The Kier molecular flexibility index (Phi) is 8.62. The molecule has 0 spiro atoms. The van der Waals surface area contributed by atoms with Crippen LogP contribution >= 0.6 is 22.6 Å². The van der Waals surface area contributed by atoms with Crippen LogP contribution in [0, 0.1) is 14.9 Å². The zero-order chi connectivity index (χ0) is 38.5. The van der Waals surface area contributed by atoms with E-state index in [2.05, 4.69) is 169 Å². The van der Waals surface area contributed by atoms with Gasteiger partial charge in [0.15, 0.2) is 0 Å². The molecule has 0 radical (unpaired) electrons. The third-order valence-corrected chi connectivity index (χ3v) is 11.9. The van der Waals surface area contributed by atoms with Gasteiger partial charge in [-0.3, -0.25) is 4.98 Å². The van der Waals surface area contributed by atoms with Crippen LogP contribution in [0.25, 0.3) is 105 Å². The van der Waals surface area contributed by atoms with Crippen LogP contribution in [0.4, 0.5) is 0 Å². The summed E-state index contributed by atoms with van der Waals surface area (Å²) in [6, 6.07) is 55.6. The highest BCUT2D eigenvalue weighted by Gasteiger charge is 2.15. The van der Waals surface area contributed by atoms with Crippen molar-refractivity contribution in [3.8, 4) is 50.7 Å². The Morgan fingerprint density at radius 3 is 1.89 bits per heavy atom. The van der Waals surface area contributed by atoms with Crippen molar-refractivity contribution in [1.82, 2.24) is 15.0 Å². The minimum atomic E-state index is 0.595. The molecule has 0 unspecified atom stereocenters. The molecule has 0 atom stereocenters. The normalized spacial score (nSPS) is 11.6. The van der Waals surface area contributed by atoms with E-state index in [4.69, 9.17) is 15.0 Å². The topological polar surface area (TPSA) is 62.5 Å². The Morgan fingerprint density at radius 2 is 1.19 bits per heavy atom. The number of halogens is 1. The summed E-state index contributed by atoms with van der Waals surface area (Å²) in [6.45, 7) is 3.81. The number of nitrogens with zero attached hydrogens (tertiary/aromatic N) is 4. The summed E-state index contributed by atoms with van der Waals surface area (Å²) in [5.41, 5.74) is 14.2. The molecule has 0 aliphatic heterocycles. The monoisotopic (exact) mass is 838 g/mol. The Morgan fingerprint density at radius 1 is 0.544 bits per heavy atom. The van der Waals surface area contributed by atoms with Crippen molar-refractivity contribution in [2.24, 2.45) is 0 Å². The van der Waals surface area contributed by atoms with Gasteiger partial charge >= 0.3 is 0 Å². The summed E-state index contributed by atoms with van der Waals surface area (Å²) in [7, 11) is 0. The smallest absolute Gasteiger partial charge is 0.0992 e. The van der Waals surface area contributed by atoms with Gasteiger partial charge in [-0.25, -0.2) is 9.97 Å². The molecule has 10 rings (SSSR count). The van der Waals surface area contributed by atoms with E-state index in [0.717, 1.165) is 86.3 Å². The SMILES string of the molecule is C=C/C=C\c1ccc2ccc(-c3ccc(-c4ccc(-c5ccc(-c6cc7cc8ccc(C#N)cc8nc7c7ncccc67)cc5)c5ccccc45)cc3)nc2c1I. The molecular weight excluding hydrogens is 808 g/mol. The first-order valence-corrected chi connectivity index (χ1v) is 19.8. The summed E-state index contributed by atoms with van der Waals surface area (Å²) >= 11 is 2.40. The first-order valence-electron chi connectivity index (χ1n) is 18.7. The zero-order valence-corrected chi connectivity index (χ0v) is 32.8. The second-order valence-corrected chi connectivity index (χ2v) is 15.2. The van der Waals surface area contributed by atoms with Gasteiger partial charge in [-0.05, 0) is 109 Å². The highest BCUT2D eigenvalue weighted by Crippen LogP contribution is 2.39. The number of pyridine rings is 3. The van der Waals surface area contributed by atoms with E-state index in [-0.39, 0.29) is 0 Å². The lowest BCUT2D eigenvalue weighted by Crippen LogP contribution is -1.91. The number of benzene rings is 7. The van der Waals surface area contributed by atoms with E-state index in [9.17, 15) is 5.26 Å². The zero-order valence-electron chi connectivity index (χ0n) is 30.6. The molecule has 3 aromatic heterocycles. The number of aromatic nitrogens is 3. The fraction of sp³-hybridized carbons (Fsp3) is 0. The van der Waals surface area contributed by atoms with Crippen molar-refractivity contribution in [2.45, 2.75) is 0 Å². The van der Waals surface area contributed by atoms with Gasteiger partial charge in [0.1, 0.15) is 0 Å². The molecule has 0 bridgehead atoms. The molecule has 0 saturated heterocycles. The van der Waals surface area contributed by atoms with Crippen LogP contribution in [-0.2, 0) is 0 Å². The fourth-order valence-corrected chi connectivity index (χ4v) is 8.71. The second kappa shape index (κ2) is 14.2. The Balaban J connectivity index is 0.991. The summed E-state index contributed by atoms with van der Waals surface area (Å²) in [5.74, 6) is 0. The molecule has 0 aliphatic carbocycles. The quantitative estimate of drug-likeness (QED) is 0.0724. The summed E-state index contributed by atoms with van der Waals surface area (Å²) < 4.78 is 1.13. The molecule has 10 aromatic rings. The highest BCUT2D eigenvalue weighted by atomic mass is 127. The molecule has 0 saturated carbocycles. The second-order valence-electron chi connectivity index (χ2n) is 14.1. The van der Waals surface area contributed by atoms with Crippen molar-refractivity contribution in [2.75, 3.05) is 0 Å². The average molecular weight is 839 g/mol. The lowest BCUT2D eigenvalue weighted by Gasteiger charge is -2.14. The van der Waals surface area contributed by atoms with Gasteiger partial charge in [-0.1, -0.05) is 140 Å². The lowest BCUT2D eigenvalue weighted by atomic mass is 9.90. The van der Waals surface area contributed by atoms with Crippen LogP contribution < -0.4 is 0 Å². The van der Waals surface area contributed by atoms with E-state index in [1.54, 1.807) is 6.08 Å². The van der Waals surface area contributed by atoms with E-state index < -0.39 is 0 Å². The Labute approximate surface area is 343 Å². The standard InChI is InChI=1S/C52H31IN4/c1-2-3-7-37-21-22-38-23-26-47(56-50(38)49(37)53)36-19-17-34(18-20-36)42-25-24-41(43-8-4-5-9-44(42)43)33-13-15-35(16-14-33)46-30-40-29-39-12-11-32(31-54)28-48(39)57-51(40)52-45(46)10-6-27-55-52/h2-30H,1H2/b7-3-. The molecule has 0 aliphatic rings. The molecule has 0 fully saturated rings. The van der Waals surface area contributed by atoms with Crippen LogP contribution in [0.5, 0.6) is 0 Å². The third kappa shape index (κ3) is 6.12. The molecule has 0 N–H and O–H groups in total. The maximum absolute atomic E-state index is 9.44. The number of rotatable bonds is 6. The maximum atomic E-state index is 9.44. The molecule has 0 amide bonds. The van der Waals surface area contributed by atoms with Gasteiger partial charge in [0.05, 0.1) is 39.4 Å². The van der Waals surface area contributed by atoms with E-state index in [0.29, 0.717) is 5.56 Å². The van der Waals surface area contributed by atoms with Crippen LogP contribution in [0.2, 0.25) is 0 Å². The minimum Gasteiger partial charge on any atom is -0.254 e. The van der Waals surface area contributed by atoms with Crippen molar-refractivity contribution in [1.29, 1.82) is 5.26 Å². The lowest BCUT2D eigenvalue weighted by molar-refractivity contribution is 1.38. The molecule has 5 heteroatoms. The van der Waals surface area contributed by atoms with Gasteiger partial charge in [0.2, 0.25) is 0 Å². The van der Waals surface area contributed by atoms with Crippen LogP contribution in [0.15, 0.2) is 177 Å². The van der Waals surface area contributed by atoms with E-state index >= 15 is 0 Å². The molecule has 7 aromatic carbocycles. The molecule has 266 valence electrons. The summed E-state index contributed by atoms with van der Waals surface area (Å²) in [5, 5.41) is 16.0. The van der Waals surface area contributed by atoms with Gasteiger partial charge in [0, 0.05) is 36.9 Å². The van der Waals surface area contributed by atoms with Gasteiger partial charge < -0.3 is 0 Å². The predicted octanol–water partition coefficient (Wildman–Crippen LogP) is 14.0. The number of hydrogen-bond acceptors (Lipinski definition) is 4. The van der Waals surface area contributed by atoms with Gasteiger partial charge in [-0.2, -0.15) is 5.26 Å². The van der Waals surface area contributed by atoms with Crippen molar-refractivity contribution < 1.29 is 0 Å². The minimum absolute atomic E-state index is 0.595. The Hall–Kier alpha value is -7.01. The predicted molar refractivity (Wildman–Crippen MR) is 246 cm³/mol. The van der Waals surface area contributed by atoms with Crippen molar-refractivity contribution in [3.63, 3.8) is 0 Å². The maximum Gasteiger partial charge on any atom is 0.0992 e. The first kappa shape index (κ1) is 34.5. The summed E-state index contributed by atoms with van der Waals surface area (Å²) in [4.78, 5) is 14.9. The van der Waals surface area contributed by atoms with Crippen molar-refractivity contribution >= 4 is 83.1 Å². The fourth-order valence-electron chi connectivity index (χ4n) is 7.92. The van der Waals surface area contributed by atoms with Crippen LogP contribution in [0.1, 0.15) is 11.1 Å². The first-order chi connectivity index (χ1) is 28.1.